The number of H-pyrrole nitrogens is 1. The number of fused-ring (bicyclic) bond motifs is 2. The van der Waals surface area contributed by atoms with Gasteiger partial charge in [-0.2, -0.15) is 0 Å². The highest BCUT2D eigenvalue weighted by Gasteiger charge is 2.22. The maximum atomic E-state index is 9.89. The zero-order valence-corrected chi connectivity index (χ0v) is 8.90. The van der Waals surface area contributed by atoms with Gasteiger partial charge in [-0.15, -0.1) is 0 Å². The summed E-state index contributed by atoms with van der Waals surface area (Å²) in [5.74, 6) is 1.79. The Hall–Kier alpha value is -2.42. The van der Waals surface area contributed by atoms with Crippen LogP contribution in [0, 0.1) is 0 Å². The van der Waals surface area contributed by atoms with Crippen LogP contribution in [0.3, 0.4) is 0 Å². The summed E-state index contributed by atoms with van der Waals surface area (Å²) in [6.07, 6.45) is 0. The number of aromatic hydroxyl groups is 1. The SMILES string of the molecule is Oc1[nH]c2c3c(cccc13)Oc1ccccc1-2. The lowest BCUT2D eigenvalue weighted by molar-refractivity contribution is 0.463. The zero-order chi connectivity index (χ0) is 11.4. The van der Waals surface area contributed by atoms with E-state index in [0.717, 1.165) is 33.5 Å². The maximum Gasteiger partial charge on any atom is 0.197 e. The molecule has 0 amide bonds. The third kappa shape index (κ3) is 1.00. The van der Waals surface area contributed by atoms with Crippen LogP contribution in [0.25, 0.3) is 22.0 Å². The monoisotopic (exact) mass is 223 g/mol. The van der Waals surface area contributed by atoms with Crippen LogP contribution in [0.5, 0.6) is 17.4 Å². The summed E-state index contributed by atoms with van der Waals surface area (Å²) in [5.41, 5.74) is 1.91. The predicted molar refractivity (Wildman–Crippen MR) is 65.5 cm³/mol. The number of rotatable bonds is 0. The molecule has 2 N–H and O–H groups in total. The first kappa shape index (κ1) is 8.70. The molecule has 82 valence electrons. The molecule has 17 heavy (non-hydrogen) atoms. The molecule has 0 spiro atoms. The van der Waals surface area contributed by atoms with Crippen molar-refractivity contribution < 1.29 is 9.84 Å². The Bertz CT molecular complexity index is 743. The van der Waals surface area contributed by atoms with E-state index in [1.54, 1.807) is 0 Å². The minimum Gasteiger partial charge on any atom is -0.494 e. The Labute approximate surface area is 97.3 Å². The van der Waals surface area contributed by atoms with Crippen LogP contribution < -0.4 is 4.74 Å². The van der Waals surface area contributed by atoms with Gasteiger partial charge in [0.05, 0.1) is 11.1 Å². The molecule has 0 saturated carbocycles. The normalized spacial score (nSPS) is 12.2. The highest BCUT2D eigenvalue weighted by Crippen LogP contribution is 2.48. The van der Waals surface area contributed by atoms with Crippen molar-refractivity contribution in [3.63, 3.8) is 0 Å². The Morgan fingerprint density at radius 2 is 1.76 bits per heavy atom. The first-order valence-electron chi connectivity index (χ1n) is 5.45. The number of nitrogens with one attached hydrogen (secondary N) is 1. The van der Waals surface area contributed by atoms with E-state index in [1.165, 1.54) is 0 Å². The average Bonchev–Trinajstić information content (AvgIpc) is 2.70. The minimum atomic E-state index is 0.192. The third-order valence-corrected chi connectivity index (χ3v) is 3.15. The number of para-hydroxylation sites is 1. The number of hydrogen-bond donors (Lipinski definition) is 2. The van der Waals surface area contributed by atoms with Gasteiger partial charge in [0.25, 0.3) is 0 Å². The van der Waals surface area contributed by atoms with Gasteiger partial charge in [-0.1, -0.05) is 18.2 Å². The van der Waals surface area contributed by atoms with Gasteiger partial charge in [-0.05, 0) is 24.3 Å². The fourth-order valence-electron chi connectivity index (χ4n) is 2.40. The summed E-state index contributed by atoms with van der Waals surface area (Å²) < 4.78 is 5.83. The lowest BCUT2D eigenvalue weighted by Gasteiger charge is -2.16. The molecule has 3 nitrogen and oxygen atoms in total. The van der Waals surface area contributed by atoms with Gasteiger partial charge in [0.1, 0.15) is 11.5 Å². The molecule has 0 aliphatic carbocycles. The molecule has 0 radical (unpaired) electrons. The molecule has 0 fully saturated rings. The average molecular weight is 223 g/mol. The van der Waals surface area contributed by atoms with Crippen LogP contribution in [0.2, 0.25) is 0 Å². The molecule has 0 unspecified atom stereocenters. The van der Waals surface area contributed by atoms with Crippen LogP contribution in [-0.2, 0) is 0 Å². The largest absolute Gasteiger partial charge is 0.494 e. The molecule has 2 heterocycles. The topological polar surface area (TPSA) is 45.2 Å². The van der Waals surface area contributed by atoms with Crippen molar-refractivity contribution in [1.82, 2.24) is 4.98 Å². The molecular formula is C14H9NO2. The van der Waals surface area contributed by atoms with Crippen LogP contribution in [-0.4, -0.2) is 10.1 Å². The molecular weight excluding hydrogens is 214 g/mol. The zero-order valence-electron chi connectivity index (χ0n) is 8.90. The van der Waals surface area contributed by atoms with Crippen LogP contribution in [0.4, 0.5) is 0 Å². The summed E-state index contributed by atoms with van der Waals surface area (Å²) in [5, 5.41) is 11.6. The molecule has 3 heteroatoms. The standard InChI is InChI=1S/C14H9NO2/c16-14-9-5-3-7-11-12(9)13(15-14)8-4-1-2-6-10(8)17-11/h1-7,15-16H. The smallest absolute Gasteiger partial charge is 0.197 e. The second-order valence-corrected chi connectivity index (χ2v) is 4.13. The van der Waals surface area contributed by atoms with Crippen LogP contribution in [0.15, 0.2) is 42.5 Å². The predicted octanol–water partition coefficient (Wildman–Crippen LogP) is 3.65. The molecule has 0 bridgehead atoms. The highest BCUT2D eigenvalue weighted by atomic mass is 16.5. The van der Waals surface area contributed by atoms with Gasteiger partial charge >= 0.3 is 0 Å². The highest BCUT2D eigenvalue weighted by molar-refractivity contribution is 6.05. The van der Waals surface area contributed by atoms with Crippen molar-refractivity contribution in [2.75, 3.05) is 0 Å². The van der Waals surface area contributed by atoms with E-state index in [2.05, 4.69) is 4.98 Å². The van der Waals surface area contributed by atoms with Crippen molar-refractivity contribution in [1.29, 1.82) is 0 Å². The fourth-order valence-corrected chi connectivity index (χ4v) is 2.40. The van der Waals surface area contributed by atoms with Crippen molar-refractivity contribution in [3.05, 3.63) is 42.5 Å². The van der Waals surface area contributed by atoms with Gasteiger partial charge in [-0.3, -0.25) is 0 Å². The number of benzene rings is 2. The van der Waals surface area contributed by atoms with E-state index in [-0.39, 0.29) is 5.88 Å². The Morgan fingerprint density at radius 3 is 2.71 bits per heavy atom. The van der Waals surface area contributed by atoms with Gasteiger partial charge in [0, 0.05) is 10.9 Å². The second-order valence-electron chi connectivity index (χ2n) is 4.13. The van der Waals surface area contributed by atoms with E-state index in [4.69, 9.17) is 4.74 Å². The molecule has 1 aliphatic heterocycles. The first-order chi connectivity index (χ1) is 8.34. The van der Waals surface area contributed by atoms with E-state index < -0.39 is 0 Å². The van der Waals surface area contributed by atoms with Gasteiger partial charge in [-0.25, -0.2) is 0 Å². The summed E-state index contributed by atoms with van der Waals surface area (Å²) in [6.45, 7) is 0. The molecule has 4 rings (SSSR count). The van der Waals surface area contributed by atoms with Crippen LogP contribution >= 0.6 is 0 Å². The van der Waals surface area contributed by atoms with Gasteiger partial charge in [0.2, 0.25) is 0 Å². The first-order valence-corrected chi connectivity index (χ1v) is 5.45. The Balaban J connectivity index is 2.22. The van der Waals surface area contributed by atoms with Crippen molar-refractivity contribution in [2.45, 2.75) is 0 Å². The number of aromatic amines is 1. The lowest BCUT2D eigenvalue weighted by Crippen LogP contribution is -1.94. The van der Waals surface area contributed by atoms with E-state index in [0.29, 0.717) is 0 Å². The molecule has 1 aliphatic rings. The van der Waals surface area contributed by atoms with E-state index >= 15 is 0 Å². The number of hydrogen-bond acceptors (Lipinski definition) is 2. The minimum absolute atomic E-state index is 0.192. The summed E-state index contributed by atoms with van der Waals surface area (Å²) >= 11 is 0. The quantitative estimate of drug-likeness (QED) is 0.478. The number of ether oxygens (including phenoxy) is 1. The van der Waals surface area contributed by atoms with E-state index in [9.17, 15) is 5.11 Å². The summed E-state index contributed by atoms with van der Waals surface area (Å²) in [4.78, 5) is 3.03. The lowest BCUT2D eigenvalue weighted by atomic mass is 10.0. The maximum absolute atomic E-state index is 9.89. The molecule has 3 aromatic rings. The second kappa shape index (κ2) is 2.83. The summed E-state index contributed by atoms with van der Waals surface area (Å²) in [7, 11) is 0. The fraction of sp³-hybridized carbons (Fsp3) is 0. The van der Waals surface area contributed by atoms with Gasteiger partial charge in [0.15, 0.2) is 5.88 Å². The van der Waals surface area contributed by atoms with E-state index in [1.807, 2.05) is 42.5 Å². The molecule has 0 atom stereocenters. The van der Waals surface area contributed by atoms with Crippen molar-refractivity contribution >= 4 is 10.8 Å². The molecule has 2 aromatic carbocycles. The number of aromatic nitrogens is 1. The summed E-state index contributed by atoms with van der Waals surface area (Å²) in [6, 6.07) is 13.5. The molecule has 0 saturated heterocycles. The molecule has 1 aromatic heterocycles. The Kier molecular flexibility index (Phi) is 1.45. The van der Waals surface area contributed by atoms with Crippen molar-refractivity contribution in [3.8, 4) is 28.6 Å². The van der Waals surface area contributed by atoms with Crippen LogP contribution in [0.1, 0.15) is 0 Å². The Morgan fingerprint density at radius 1 is 0.941 bits per heavy atom. The van der Waals surface area contributed by atoms with Gasteiger partial charge < -0.3 is 14.8 Å². The van der Waals surface area contributed by atoms with Crippen molar-refractivity contribution in [2.24, 2.45) is 0 Å². The third-order valence-electron chi connectivity index (χ3n) is 3.15.